The molecule has 0 saturated heterocycles. The van der Waals surface area contributed by atoms with Crippen molar-refractivity contribution >= 4 is 21.7 Å². The maximum atomic E-state index is 13.9. The van der Waals surface area contributed by atoms with Crippen LogP contribution < -0.4 is 5.32 Å². The maximum absolute atomic E-state index is 13.9. The predicted octanol–water partition coefficient (Wildman–Crippen LogP) is 2.22. The number of carbonyl (C=O) groups is 2. The number of carbonyl (C=O) groups excluding carboxylic acids is 2. The Balaban J connectivity index is 1.93. The number of aromatic nitrogens is 1. The Labute approximate surface area is 214 Å². The number of benzene rings is 2. The number of ketones is 1. The third kappa shape index (κ3) is 7.42. The summed E-state index contributed by atoms with van der Waals surface area (Å²) in [7, 11) is -4.38. The fourth-order valence-corrected chi connectivity index (χ4v) is 5.48. The molecule has 0 unspecified atom stereocenters. The van der Waals surface area contributed by atoms with Crippen molar-refractivity contribution in [3.8, 4) is 5.75 Å². The molecule has 0 saturated carbocycles. The number of rotatable bonds is 11. The summed E-state index contributed by atoms with van der Waals surface area (Å²) in [6.45, 7) is 1.58. The van der Waals surface area contributed by atoms with Crippen molar-refractivity contribution in [2.75, 3.05) is 13.1 Å². The zero-order valence-electron chi connectivity index (χ0n) is 20.3. The molecule has 0 fully saturated rings. The molecule has 0 spiro atoms. The van der Waals surface area contributed by atoms with Gasteiger partial charge >= 0.3 is 0 Å². The number of Topliss-reactive ketones (excluding diaryl/α,β-unsaturated/α-hetero) is 1. The number of aromatic hydroxyl groups is 1. The molecular weight excluding hydrogens is 501 g/mol. The minimum absolute atomic E-state index is 0.103. The number of nitrogens with one attached hydrogen (secondary N) is 1. The van der Waals surface area contributed by atoms with Crippen molar-refractivity contribution < 1.29 is 32.6 Å². The van der Waals surface area contributed by atoms with Gasteiger partial charge in [-0.1, -0.05) is 36.4 Å². The first-order chi connectivity index (χ1) is 17.5. The number of aliphatic hydroxyl groups excluding tert-OH is 1. The van der Waals surface area contributed by atoms with Crippen LogP contribution in [0.25, 0.3) is 0 Å². The van der Waals surface area contributed by atoms with Crippen LogP contribution in [-0.4, -0.2) is 64.8 Å². The number of hydrogen-bond donors (Lipinski definition) is 3. The third-order valence-electron chi connectivity index (χ3n) is 5.61. The van der Waals surface area contributed by atoms with Gasteiger partial charge in [0.05, 0.1) is 23.6 Å². The van der Waals surface area contributed by atoms with Crippen LogP contribution >= 0.6 is 0 Å². The molecule has 0 aliphatic rings. The number of hydrogen-bond acceptors (Lipinski definition) is 7. The second-order valence-corrected chi connectivity index (χ2v) is 10.6. The minimum atomic E-state index is -4.38. The van der Waals surface area contributed by atoms with Crippen molar-refractivity contribution in [1.29, 1.82) is 0 Å². The predicted molar refractivity (Wildman–Crippen MR) is 134 cm³/mol. The number of pyridine rings is 1. The first-order valence-electron chi connectivity index (χ1n) is 11.4. The van der Waals surface area contributed by atoms with Crippen molar-refractivity contribution in [3.05, 3.63) is 89.5 Å². The molecule has 0 aliphatic heterocycles. The lowest BCUT2D eigenvalue weighted by molar-refractivity contribution is -0.117. The molecule has 2 aromatic carbocycles. The van der Waals surface area contributed by atoms with Gasteiger partial charge in [-0.25, -0.2) is 12.8 Å². The highest BCUT2D eigenvalue weighted by Gasteiger charge is 2.33. The van der Waals surface area contributed by atoms with Gasteiger partial charge in [0, 0.05) is 18.8 Å². The van der Waals surface area contributed by atoms with Gasteiger partial charge in [-0.2, -0.15) is 4.31 Å². The van der Waals surface area contributed by atoms with E-state index >= 15 is 0 Å². The highest BCUT2D eigenvalue weighted by molar-refractivity contribution is 7.89. The second-order valence-electron chi connectivity index (χ2n) is 8.65. The fourth-order valence-electron chi connectivity index (χ4n) is 3.76. The molecule has 1 heterocycles. The summed E-state index contributed by atoms with van der Waals surface area (Å²) < 4.78 is 41.5. The van der Waals surface area contributed by atoms with Crippen LogP contribution in [0.2, 0.25) is 0 Å². The molecule has 3 aromatic rings. The molecule has 3 rings (SSSR count). The van der Waals surface area contributed by atoms with Crippen molar-refractivity contribution in [1.82, 2.24) is 14.6 Å². The molecule has 0 radical (unpaired) electrons. The Hall–Kier alpha value is -3.67. The molecule has 1 aromatic heterocycles. The molecule has 9 nitrogen and oxygen atoms in total. The number of nitrogens with zero attached hydrogens (tertiary/aromatic N) is 2. The highest BCUT2D eigenvalue weighted by atomic mass is 32.2. The summed E-state index contributed by atoms with van der Waals surface area (Å²) in [5, 5.41) is 23.5. The summed E-state index contributed by atoms with van der Waals surface area (Å²) in [5.74, 6) is -2.12. The third-order valence-corrected chi connectivity index (χ3v) is 7.57. The van der Waals surface area contributed by atoms with E-state index in [4.69, 9.17) is 0 Å². The first-order valence-corrected chi connectivity index (χ1v) is 12.8. The summed E-state index contributed by atoms with van der Waals surface area (Å²) in [6.07, 6.45) is -0.0982. The van der Waals surface area contributed by atoms with E-state index in [1.54, 1.807) is 30.3 Å². The lowest BCUT2D eigenvalue weighted by Crippen LogP contribution is -2.51. The zero-order chi connectivity index (χ0) is 27.2. The van der Waals surface area contributed by atoms with Crippen LogP contribution in [0.1, 0.15) is 28.5 Å². The van der Waals surface area contributed by atoms with Gasteiger partial charge in [0.1, 0.15) is 23.0 Å². The topological polar surface area (TPSA) is 137 Å². The Morgan fingerprint density at radius 2 is 1.81 bits per heavy atom. The first kappa shape index (κ1) is 27.9. The van der Waals surface area contributed by atoms with Crippen LogP contribution in [0.3, 0.4) is 0 Å². The van der Waals surface area contributed by atoms with Crippen LogP contribution in [0.4, 0.5) is 4.39 Å². The monoisotopic (exact) mass is 529 g/mol. The van der Waals surface area contributed by atoms with Crippen molar-refractivity contribution in [2.24, 2.45) is 0 Å². The van der Waals surface area contributed by atoms with Gasteiger partial charge in [-0.05, 0) is 49.6 Å². The molecule has 3 N–H and O–H groups in total. The van der Waals surface area contributed by atoms with E-state index in [0.29, 0.717) is 0 Å². The van der Waals surface area contributed by atoms with Crippen molar-refractivity contribution in [3.63, 3.8) is 0 Å². The average Bonchev–Trinajstić information content (AvgIpc) is 2.85. The van der Waals surface area contributed by atoms with Gasteiger partial charge in [-0.15, -0.1) is 0 Å². The van der Waals surface area contributed by atoms with E-state index in [9.17, 15) is 32.6 Å². The lowest BCUT2D eigenvalue weighted by Gasteiger charge is -2.29. The molecular formula is C26H28FN3O6S. The number of aliphatic hydroxyl groups is 1. The van der Waals surface area contributed by atoms with Gasteiger partial charge < -0.3 is 15.5 Å². The smallest absolute Gasteiger partial charge is 0.270 e. The van der Waals surface area contributed by atoms with E-state index < -0.39 is 52.8 Å². The van der Waals surface area contributed by atoms with E-state index in [0.717, 1.165) is 28.1 Å². The quantitative estimate of drug-likeness (QED) is 0.346. The van der Waals surface area contributed by atoms with Crippen molar-refractivity contribution in [2.45, 2.75) is 37.3 Å². The Kier molecular flexibility index (Phi) is 9.09. The maximum Gasteiger partial charge on any atom is 0.270 e. The van der Waals surface area contributed by atoms with Gasteiger partial charge in [0.2, 0.25) is 10.0 Å². The molecule has 37 heavy (non-hydrogen) atoms. The molecule has 0 aliphatic carbocycles. The number of halogens is 1. The summed E-state index contributed by atoms with van der Waals surface area (Å²) in [6, 6.07) is 13.6. The van der Waals surface area contributed by atoms with Crippen LogP contribution in [-0.2, 0) is 21.2 Å². The highest BCUT2D eigenvalue weighted by Crippen LogP contribution is 2.22. The van der Waals surface area contributed by atoms with Gasteiger partial charge in [-0.3, -0.25) is 14.6 Å². The summed E-state index contributed by atoms with van der Waals surface area (Å²) >= 11 is 0. The standard InChI is InChI=1S/C26H28FN3O6S/c1-17-8-9-20(27)13-25(17)37(35,36)30(15-18(2)31)16-24(33)22(12-19-6-4-3-5-7-19)29-26(34)23-14-21(32)10-11-28-23/h3-11,13-14,22,24,33H,12,15-16H2,1-2H3,(H,28,32)(H,29,34)/t22-,24+/m0/s1. The molecule has 11 heteroatoms. The second kappa shape index (κ2) is 12.0. The van der Waals surface area contributed by atoms with E-state index in [-0.39, 0.29) is 28.3 Å². The SMILES string of the molecule is CC(=O)CN(C[C@@H](O)[C@H](Cc1ccccc1)NC(=O)c1cc(O)ccn1)S(=O)(=O)c1cc(F)ccc1C. The van der Waals surface area contributed by atoms with E-state index in [1.165, 1.54) is 32.2 Å². The van der Waals surface area contributed by atoms with Crippen LogP contribution in [0.15, 0.2) is 71.8 Å². The summed E-state index contributed by atoms with van der Waals surface area (Å²) in [4.78, 5) is 28.4. The normalized spacial score (nSPS) is 13.2. The largest absolute Gasteiger partial charge is 0.508 e. The molecule has 2 atom stereocenters. The Morgan fingerprint density at radius 3 is 2.46 bits per heavy atom. The molecule has 196 valence electrons. The minimum Gasteiger partial charge on any atom is -0.508 e. The number of amides is 1. The number of aryl methyl sites for hydroxylation is 1. The van der Waals surface area contributed by atoms with Gasteiger partial charge in [0.25, 0.3) is 5.91 Å². The van der Waals surface area contributed by atoms with E-state index in [1.807, 2.05) is 0 Å². The average molecular weight is 530 g/mol. The Bertz CT molecular complexity index is 1370. The van der Waals surface area contributed by atoms with Crippen LogP contribution in [0, 0.1) is 12.7 Å². The fraction of sp³-hybridized carbons (Fsp3) is 0.269. The molecule has 0 bridgehead atoms. The summed E-state index contributed by atoms with van der Waals surface area (Å²) in [5.41, 5.74) is 0.917. The number of sulfonamides is 1. The van der Waals surface area contributed by atoms with Crippen LogP contribution in [0.5, 0.6) is 5.75 Å². The Morgan fingerprint density at radius 1 is 1.11 bits per heavy atom. The van der Waals surface area contributed by atoms with Gasteiger partial charge in [0.15, 0.2) is 0 Å². The lowest BCUT2D eigenvalue weighted by atomic mass is 10.0. The zero-order valence-corrected chi connectivity index (χ0v) is 21.2. The molecule has 1 amide bonds. The van der Waals surface area contributed by atoms with E-state index in [2.05, 4.69) is 10.3 Å².